The molecular formula is C24H27ClN4O2. The van der Waals surface area contributed by atoms with Gasteiger partial charge in [0, 0.05) is 41.0 Å². The van der Waals surface area contributed by atoms with E-state index in [4.69, 9.17) is 26.3 Å². The van der Waals surface area contributed by atoms with Crippen LogP contribution >= 0.6 is 11.6 Å². The summed E-state index contributed by atoms with van der Waals surface area (Å²) in [6, 6.07) is 13.2. The van der Waals surface area contributed by atoms with E-state index in [0.717, 1.165) is 46.8 Å². The average Bonchev–Trinajstić information content (AvgIpc) is 3.59. The van der Waals surface area contributed by atoms with Crippen molar-refractivity contribution >= 4 is 39.9 Å². The molecule has 1 fully saturated rings. The van der Waals surface area contributed by atoms with E-state index in [-0.39, 0.29) is 11.9 Å². The number of carbonyl (C=O) groups excluding carboxylic acids is 1. The SMILES string of the molecule is COc1ccc(NC(=O)CCN(c2nc(C3CC3)nc3cc(Cl)ccc23)C(C)C)cc1. The molecule has 1 heterocycles. The van der Waals surface area contributed by atoms with Gasteiger partial charge in [0.05, 0.1) is 12.6 Å². The number of aromatic nitrogens is 2. The van der Waals surface area contributed by atoms with Crippen molar-refractivity contribution in [1.82, 2.24) is 9.97 Å². The smallest absolute Gasteiger partial charge is 0.226 e. The lowest BCUT2D eigenvalue weighted by molar-refractivity contribution is -0.116. The Bertz CT molecular complexity index is 1080. The predicted molar refractivity (Wildman–Crippen MR) is 125 cm³/mol. The Morgan fingerprint density at radius 3 is 2.58 bits per heavy atom. The lowest BCUT2D eigenvalue weighted by Gasteiger charge is -2.29. The predicted octanol–water partition coefficient (Wildman–Crippen LogP) is 5.41. The first-order valence-corrected chi connectivity index (χ1v) is 11.0. The van der Waals surface area contributed by atoms with Gasteiger partial charge in [0.1, 0.15) is 17.4 Å². The molecule has 7 heteroatoms. The van der Waals surface area contributed by atoms with E-state index in [1.807, 2.05) is 42.5 Å². The Labute approximate surface area is 187 Å². The maximum absolute atomic E-state index is 12.6. The monoisotopic (exact) mass is 438 g/mol. The third kappa shape index (κ3) is 5.07. The topological polar surface area (TPSA) is 67.3 Å². The highest BCUT2D eigenvalue weighted by Gasteiger charge is 2.29. The third-order valence-corrected chi connectivity index (χ3v) is 5.68. The van der Waals surface area contributed by atoms with Crippen molar-refractivity contribution in [3.63, 3.8) is 0 Å². The van der Waals surface area contributed by atoms with Gasteiger partial charge in [-0.15, -0.1) is 0 Å². The van der Waals surface area contributed by atoms with Crippen LogP contribution in [-0.4, -0.2) is 35.6 Å². The first-order valence-electron chi connectivity index (χ1n) is 10.6. The van der Waals surface area contributed by atoms with Crippen LogP contribution in [0.4, 0.5) is 11.5 Å². The van der Waals surface area contributed by atoms with E-state index in [1.54, 1.807) is 7.11 Å². The standard InChI is InChI=1S/C24H27ClN4O2/c1-15(2)29(13-12-22(30)26-18-7-9-19(31-3)10-8-18)24-20-11-6-17(25)14-21(20)27-23(28-24)16-4-5-16/h6-11,14-16H,4-5,12-13H2,1-3H3,(H,26,30). The number of hydrogen-bond acceptors (Lipinski definition) is 5. The van der Waals surface area contributed by atoms with Crippen molar-refractivity contribution in [3.8, 4) is 5.75 Å². The van der Waals surface area contributed by atoms with Gasteiger partial charge in [-0.25, -0.2) is 9.97 Å². The van der Waals surface area contributed by atoms with E-state index >= 15 is 0 Å². The molecule has 0 unspecified atom stereocenters. The molecule has 2 aromatic carbocycles. The largest absolute Gasteiger partial charge is 0.497 e. The molecule has 6 nitrogen and oxygen atoms in total. The van der Waals surface area contributed by atoms with Gasteiger partial charge in [-0.2, -0.15) is 0 Å². The molecule has 1 aromatic heterocycles. The summed E-state index contributed by atoms with van der Waals surface area (Å²) >= 11 is 6.22. The van der Waals surface area contributed by atoms with Gasteiger partial charge in [0.2, 0.25) is 5.91 Å². The Kier molecular flexibility index (Phi) is 6.28. The number of fused-ring (bicyclic) bond motifs is 1. The van der Waals surface area contributed by atoms with Crippen LogP contribution in [0.5, 0.6) is 5.75 Å². The minimum absolute atomic E-state index is 0.0420. The third-order valence-electron chi connectivity index (χ3n) is 5.45. The summed E-state index contributed by atoms with van der Waals surface area (Å²) in [4.78, 5) is 24.5. The van der Waals surface area contributed by atoms with Crippen LogP contribution in [0.15, 0.2) is 42.5 Å². The summed E-state index contributed by atoms with van der Waals surface area (Å²) in [6.07, 6.45) is 2.59. The average molecular weight is 439 g/mol. The van der Waals surface area contributed by atoms with Crippen LogP contribution < -0.4 is 15.0 Å². The van der Waals surface area contributed by atoms with Gasteiger partial charge in [0.15, 0.2) is 0 Å². The molecule has 162 valence electrons. The molecule has 31 heavy (non-hydrogen) atoms. The zero-order valence-corrected chi connectivity index (χ0v) is 18.8. The molecular weight excluding hydrogens is 412 g/mol. The van der Waals surface area contributed by atoms with Gasteiger partial charge < -0.3 is 15.0 Å². The minimum atomic E-state index is -0.0420. The van der Waals surface area contributed by atoms with Gasteiger partial charge in [-0.1, -0.05) is 11.6 Å². The van der Waals surface area contributed by atoms with Crippen LogP contribution in [0.3, 0.4) is 0 Å². The minimum Gasteiger partial charge on any atom is -0.497 e. The van der Waals surface area contributed by atoms with Crippen molar-refractivity contribution in [1.29, 1.82) is 0 Å². The first kappa shape index (κ1) is 21.4. The lowest BCUT2D eigenvalue weighted by Crippen LogP contribution is -2.35. The maximum Gasteiger partial charge on any atom is 0.226 e. The summed E-state index contributed by atoms with van der Waals surface area (Å²) in [7, 11) is 1.62. The highest BCUT2D eigenvalue weighted by atomic mass is 35.5. The zero-order valence-electron chi connectivity index (χ0n) is 18.1. The molecule has 1 amide bonds. The fraction of sp³-hybridized carbons (Fsp3) is 0.375. The second-order valence-corrected chi connectivity index (χ2v) is 8.59. The summed E-state index contributed by atoms with van der Waals surface area (Å²) < 4.78 is 5.16. The van der Waals surface area contributed by atoms with Crippen LogP contribution in [0.2, 0.25) is 5.02 Å². The van der Waals surface area contributed by atoms with E-state index in [9.17, 15) is 4.79 Å². The fourth-order valence-corrected chi connectivity index (χ4v) is 3.74. The molecule has 1 saturated carbocycles. The van der Waals surface area contributed by atoms with Crippen molar-refractivity contribution in [2.75, 3.05) is 23.9 Å². The van der Waals surface area contributed by atoms with Gasteiger partial charge in [0.25, 0.3) is 0 Å². The van der Waals surface area contributed by atoms with Crippen LogP contribution in [0, 0.1) is 0 Å². The Morgan fingerprint density at radius 1 is 1.19 bits per heavy atom. The molecule has 0 spiro atoms. The fourth-order valence-electron chi connectivity index (χ4n) is 3.58. The molecule has 1 aliphatic rings. The van der Waals surface area contributed by atoms with Gasteiger partial charge in [-0.3, -0.25) is 4.79 Å². The number of rotatable bonds is 8. The number of amides is 1. The normalized spacial score (nSPS) is 13.5. The number of ether oxygens (including phenoxy) is 1. The Balaban J connectivity index is 1.54. The molecule has 0 atom stereocenters. The Hall–Kier alpha value is -2.86. The number of anilines is 2. The molecule has 0 bridgehead atoms. The molecule has 1 aliphatic carbocycles. The van der Waals surface area contributed by atoms with E-state index in [2.05, 4.69) is 24.1 Å². The van der Waals surface area contributed by atoms with Gasteiger partial charge >= 0.3 is 0 Å². The van der Waals surface area contributed by atoms with Crippen molar-refractivity contribution < 1.29 is 9.53 Å². The lowest BCUT2D eigenvalue weighted by atomic mass is 10.1. The number of methoxy groups -OCH3 is 1. The summed E-state index contributed by atoms with van der Waals surface area (Å²) in [6.45, 7) is 4.78. The molecule has 1 N–H and O–H groups in total. The van der Waals surface area contributed by atoms with E-state index < -0.39 is 0 Å². The van der Waals surface area contributed by atoms with Crippen molar-refractivity contribution in [2.45, 2.75) is 45.1 Å². The van der Waals surface area contributed by atoms with Crippen molar-refractivity contribution in [3.05, 3.63) is 53.3 Å². The maximum atomic E-state index is 12.6. The van der Waals surface area contributed by atoms with Crippen LogP contribution in [0.1, 0.15) is 44.9 Å². The van der Waals surface area contributed by atoms with Crippen molar-refractivity contribution in [2.24, 2.45) is 0 Å². The number of nitrogens with zero attached hydrogens (tertiary/aromatic N) is 3. The number of halogens is 1. The number of nitrogens with one attached hydrogen (secondary N) is 1. The number of benzene rings is 2. The number of carbonyl (C=O) groups is 1. The van der Waals surface area contributed by atoms with Gasteiger partial charge in [-0.05, 0) is 69.2 Å². The second kappa shape index (κ2) is 9.10. The van der Waals surface area contributed by atoms with Crippen LogP contribution in [0.25, 0.3) is 10.9 Å². The Morgan fingerprint density at radius 2 is 1.94 bits per heavy atom. The molecule has 0 saturated heterocycles. The molecule has 0 aliphatic heterocycles. The van der Waals surface area contributed by atoms with E-state index in [0.29, 0.717) is 23.9 Å². The zero-order chi connectivity index (χ0) is 22.0. The highest BCUT2D eigenvalue weighted by molar-refractivity contribution is 6.31. The molecule has 3 aromatic rings. The second-order valence-electron chi connectivity index (χ2n) is 8.15. The summed E-state index contributed by atoms with van der Waals surface area (Å²) in [5, 5.41) is 4.57. The molecule has 0 radical (unpaired) electrons. The number of hydrogen-bond donors (Lipinski definition) is 1. The van der Waals surface area contributed by atoms with E-state index in [1.165, 1.54) is 0 Å². The summed E-state index contributed by atoms with van der Waals surface area (Å²) in [5.41, 5.74) is 1.60. The summed E-state index contributed by atoms with van der Waals surface area (Å²) in [5.74, 6) is 2.88. The quantitative estimate of drug-likeness (QED) is 0.509. The van der Waals surface area contributed by atoms with Crippen LogP contribution in [-0.2, 0) is 4.79 Å². The first-order chi connectivity index (χ1) is 14.9. The highest BCUT2D eigenvalue weighted by Crippen LogP contribution is 2.40. The molecule has 4 rings (SSSR count).